The standard InChI is InChI=1S/C26H26F3N7O2/c1-4-10-30-24(37)20-13-36-22(16(20)3)23(31-14-32-36)35-21-12-19(9-8-15(21)2)34-25(38)33-18-7-5-6-17(11-18)26(27,28)29/h5-9,11-14H,4,10H2,1-3H3,(H,30,37)(H,31,32,35)(H2,33,34,38). The number of carbonyl (C=O) groups is 2. The minimum absolute atomic E-state index is 0.00801. The van der Waals surface area contributed by atoms with Crippen LogP contribution in [0.15, 0.2) is 55.0 Å². The first-order valence-electron chi connectivity index (χ1n) is 11.8. The number of urea groups is 1. The number of anilines is 4. The summed E-state index contributed by atoms with van der Waals surface area (Å²) >= 11 is 0. The fourth-order valence-electron chi connectivity index (χ4n) is 3.84. The molecule has 0 unspecified atom stereocenters. The summed E-state index contributed by atoms with van der Waals surface area (Å²) in [7, 11) is 0. The van der Waals surface area contributed by atoms with Gasteiger partial charge in [0.05, 0.1) is 11.1 Å². The Labute approximate surface area is 216 Å². The minimum Gasteiger partial charge on any atom is -0.352 e. The van der Waals surface area contributed by atoms with Crippen molar-refractivity contribution >= 4 is 40.3 Å². The number of aromatic nitrogens is 3. The summed E-state index contributed by atoms with van der Waals surface area (Å²) < 4.78 is 40.5. The summed E-state index contributed by atoms with van der Waals surface area (Å²) in [6.45, 7) is 6.20. The van der Waals surface area contributed by atoms with Gasteiger partial charge in [-0.1, -0.05) is 19.1 Å². The van der Waals surface area contributed by atoms with Crippen molar-refractivity contribution in [3.05, 3.63) is 77.2 Å². The first-order chi connectivity index (χ1) is 18.1. The van der Waals surface area contributed by atoms with E-state index in [4.69, 9.17) is 0 Å². The van der Waals surface area contributed by atoms with Crippen LogP contribution in [-0.4, -0.2) is 33.1 Å². The fourth-order valence-corrected chi connectivity index (χ4v) is 3.84. The zero-order valence-corrected chi connectivity index (χ0v) is 20.9. The number of alkyl halides is 3. The Kier molecular flexibility index (Phi) is 7.51. The molecule has 0 atom stereocenters. The first kappa shape index (κ1) is 26.5. The smallest absolute Gasteiger partial charge is 0.352 e. The number of halogens is 3. The van der Waals surface area contributed by atoms with Gasteiger partial charge in [-0.15, -0.1) is 0 Å². The monoisotopic (exact) mass is 525 g/mol. The molecule has 0 aliphatic carbocycles. The van der Waals surface area contributed by atoms with Crippen molar-refractivity contribution in [1.82, 2.24) is 19.9 Å². The number of fused-ring (bicyclic) bond motifs is 1. The molecule has 4 aromatic rings. The Balaban J connectivity index is 1.54. The predicted octanol–water partition coefficient (Wildman–Crippen LogP) is 5.89. The Morgan fingerprint density at radius 2 is 1.76 bits per heavy atom. The molecule has 0 bridgehead atoms. The second kappa shape index (κ2) is 10.8. The molecule has 0 radical (unpaired) electrons. The summed E-state index contributed by atoms with van der Waals surface area (Å²) in [5.74, 6) is 0.260. The quantitative estimate of drug-likeness (QED) is 0.240. The first-order valence-corrected chi connectivity index (χ1v) is 11.8. The van der Waals surface area contributed by atoms with E-state index in [1.807, 2.05) is 20.8 Å². The molecule has 0 aliphatic heterocycles. The van der Waals surface area contributed by atoms with Crippen LogP contribution in [0.1, 0.15) is 40.4 Å². The lowest BCUT2D eigenvalue weighted by Crippen LogP contribution is -2.24. The van der Waals surface area contributed by atoms with E-state index in [-0.39, 0.29) is 11.6 Å². The molecule has 0 aliphatic rings. The second-order valence-electron chi connectivity index (χ2n) is 8.64. The number of aryl methyl sites for hydroxylation is 2. The Morgan fingerprint density at radius 3 is 2.47 bits per heavy atom. The van der Waals surface area contributed by atoms with Crippen molar-refractivity contribution in [2.45, 2.75) is 33.4 Å². The molecule has 0 fully saturated rings. The van der Waals surface area contributed by atoms with E-state index in [0.717, 1.165) is 24.1 Å². The predicted molar refractivity (Wildman–Crippen MR) is 139 cm³/mol. The third-order valence-corrected chi connectivity index (χ3v) is 5.80. The molecule has 3 amide bonds. The van der Waals surface area contributed by atoms with Gasteiger partial charge < -0.3 is 21.3 Å². The molecule has 0 saturated carbocycles. The number of amides is 3. The maximum absolute atomic E-state index is 13.0. The van der Waals surface area contributed by atoms with Crippen LogP contribution in [0, 0.1) is 13.8 Å². The van der Waals surface area contributed by atoms with Crippen molar-refractivity contribution in [2.24, 2.45) is 0 Å². The number of nitrogens with zero attached hydrogens (tertiary/aromatic N) is 3. The number of carbonyl (C=O) groups excluding carboxylic acids is 2. The van der Waals surface area contributed by atoms with Crippen molar-refractivity contribution in [3.8, 4) is 0 Å². The molecule has 4 N–H and O–H groups in total. The van der Waals surface area contributed by atoms with Crippen molar-refractivity contribution < 1.29 is 22.8 Å². The van der Waals surface area contributed by atoms with Gasteiger partial charge in [-0.05, 0) is 61.7 Å². The van der Waals surface area contributed by atoms with Crippen LogP contribution in [0.3, 0.4) is 0 Å². The van der Waals surface area contributed by atoms with Gasteiger partial charge in [0, 0.05) is 29.8 Å². The highest BCUT2D eigenvalue weighted by atomic mass is 19.4. The fraction of sp³-hybridized carbons (Fsp3) is 0.231. The van der Waals surface area contributed by atoms with Gasteiger partial charge in [-0.25, -0.2) is 14.3 Å². The summed E-state index contributed by atoms with van der Waals surface area (Å²) in [6.07, 6.45) is -0.698. The topological polar surface area (TPSA) is 112 Å². The molecular formula is C26H26F3N7O2. The molecule has 2 aromatic carbocycles. The maximum Gasteiger partial charge on any atom is 0.416 e. The van der Waals surface area contributed by atoms with E-state index in [0.29, 0.717) is 40.4 Å². The van der Waals surface area contributed by atoms with Gasteiger partial charge in [-0.2, -0.15) is 18.3 Å². The summed E-state index contributed by atoms with van der Waals surface area (Å²) in [5, 5.41) is 15.4. The van der Waals surface area contributed by atoms with Crippen LogP contribution in [0.4, 0.5) is 40.8 Å². The van der Waals surface area contributed by atoms with E-state index >= 15 is 0 Å². The molecule has 0 spiro atoms. The largest absolute Gasteiger partial charge is 0.416 e. The Hall–Kier alpha value is -4.61. The number of nitrogens with one attached hydrogen (secondary N) is 4. The van der Waals surface area contributed by atoms with Crippen molar-refractivity contribution in [2.75, 3.05) is 22.5 Å². The average molecular weight is 526 g/mol. The normalized spacial score (nSPS) is 11.3. The van der Waals surface area contributed by atoms with Gasteiger partial charge in [0.1, 0.15) is 11.8 Å². The average Bonchev–Trinajstić information content (AvgIpc) is 3.21. The van der Waals surface area contributed by atoms with Gasteiger partial charge in [0.2, 0.25) is 0 Å². The van der Waals surface area contributed by atoms with Gasteiger partial charge >= 0.3 is 12.2 Å². The lowest BCUT2D eigenvalue weighted by Gasteiger charge is -2.14. The van der Waals surface area contributed by atoms with Crippen LogP contribution in [-0.2, 0) is 6.18 Å². The molecular weight excluding hydrogens is 499 g/mol. The molecule has 38 heavy (non-hydrogen) atoms. The molecule has 0 saturated heterocycles. The number of benzene rings is 2. The molecule has 2 aromatic heterocycles. The zero-order chi connectivity index (χ0) is 27.4. The number of hydrogen-bond donors (Lipinski definition) is 4. The van der Waals surface area contributed by atoms with E-state index in [1.54, 1.807) is 28.9 Å². The lowest BCUT2D eigenvalue weighted by atomic mass is 10.1. The van der Waals surface area contributed by atoms with Crippen LogP contribution in [0.2, 0.25) is 0 Å². The second-order valence-corrected chi connectivity index (χ2v) is 8.64. The van der Waals surface area contributed by atoms with E-state index < -0.39 is 17.8 Å². The van der Waals surface area contributed by atoms with E-state index in [2.05, 4.69) is 31.3 Å². The van der Waals surface area contributed by atoms with Gasteiger partial charge in [0.15, 0.2) is 5.82 Å². The maximum atomic E-state index is 13.0. The molecule has 9 nitrogen and oxygen atoms in total. The number of hydrogen-bond acceptors (Lipinski definition) is 5. The molecule has 198 valence electrons. The van der Waals surface area contributed by atoms with Gasteiger partial charge in [-0.3, -0.25) is 4.79 Å². The Bertz CT molecular complexity index is 1500. The van der Waals surface area contributed by atoms with Crippen LogP contribution >= 0.6 is 0 Å². The van der Waals surface area contributed by atoms with Gasteiger partial charge in [0.25, 0.3) is 5.91 Å². The zero-order valence-electron chi connectivity index (χ0n) is 20.9. The van der Waals surface area contributed by atoms with Crippen LogP contribution < -0.4 is 21.3 Å². The lowest BCUT2D eigenvalue weighted by molar-refractivity contribution is -0.137. The summed E-state index contributed by atoms with van der Waals surface area (Å²) in [6, 6.07) is 8.79. The molecule has 12 heteroatoms. The van der Waals surface area contributed by atoms with Crippen LogP contribution in [0.25, 0.3) is 5.52 Å². The number of rotatable bonds is 7. The van der Waals surface area contributed by atoms with Crippen molar-refractivity contribution in [1.29, 1.82) is 0 Å². The Morgan fingerprint density at radius 1 is 1.03 bits per heavy atom. The third-order valence-electron chi connectivity index (χ3n) is 5.80. The highest BCUT2D eigenvalue weighted by Gasteiger charge is 2.30. The van der Waals surface area contributed by atoms with E-state index in [9.17, 15) is 22.8 Å². The highest BCUT2D eigenvalue weighted by molar-refractivity contribution is 6.01. The highest BCUT2D eigenvalue weighted by Crippen LogP contribution is 2.31. The third kappa shape index (κ3) is 5.85. The summed E-state index contributed by atoms with van der Waals surface area (Å²) in [5.41, 5.74) is 2.83. The van der Waals surface area contributed by atoms with Crippen LogP contribution in [0.5, 0.6) is 0 Å². The molecule has 4 rings (SSSR count). The molecule has 2 heterocycles. The minimum atomic E-state index is -4.52. The summed E-state index contributed by atoms with van der Waals surface area (Å²) in [4.78, 5) is 29.4. The van der Waals surface area contributed by atoms with Crippen molar-refractivity contribution in [3.63, 3.8) is 0 Å². The van der Waals surface area contributed by atoms with E-state index in [1.165, 1.54) is 18.5 Å². The SMILES string of the molecule is CCCNC(=O)c1cn2ncnc(Nc3cc(NC(=O)Nc4cccc(C(F)(F)F)c4)ccc3C)c2c1C.